The van der Waals surface area contributed by atoms with Crippen LogP contribution in [0.3, 0.4) is 0 Å². The molecule has 200 valence electrons. The molecule has 3 aromatic rings. The predicted octanol–water partition coefficient (Wildman–Crippen LogP) is 6.90. The van der Waals surface area contributed by atoms with Gasteiger partial charge in [0, 0.05) is 42.3 Å². The highest BCUT2D eigenvalue weighted by atomic mass is 16.4. The van der Waals surface area contributed by atoms with Crippen molar-refractivity contribution in [1.29, 1.82) is 0 Å². The molecule has 0 aromatic heterocycles. The van der Waals surface area contributed by atoms with Crippen LogP contribution in [-0.4, -0.2) is 29.9 Å². The minimum atomic E-state index is -0.948. The molecular weight excluding hydrogens is 482 g/mol. The molecule has 5 rings (SSSR count). The van der Waals surface area contributed by atoms with Crippen LogP contribution >= 0.6 is 0 Å². The van der Waals surface area contributed by atoms with Crippen LogP contribution < -0.4 is 10.6 Å². The van der Waals surface area contributed by atoms with Gasteiger partial charge in [0.1, 0.15) is 0 Å². The van der Waals surface area contributed by atoms with Crippen molar-refractivity contribution in [2.45, 2.75) is 58.0 Å². The van der Waals surface area contributed by atoms with Crippen LogP contribution in [0.2, 0.25) is 0 Å². The Labute approximate surface area is 231 Å². The minimum Gasteiger partial charge on any atom is -0.478 e. The van der Waals surface area contributed by atoms with E-state index < -0.39 is 5.97 Å². The van der Waals surface area contributed by atoms with E-state index in [0.29, 0.717) is 6.54 Å². The standard InChI is InChI=1S/C34H37N3O2/c1-4-36-21-30(20-35)28-12-14-31-29(19-28)18-23(3)37(32-15-13-27(17-22(32)2)25-10-11-25)34(31)26-8-5-24(6-9-26)7-16-33(38)39/h5-9,12-17,19-21,23,25,34H,4,10-11,18,35H2,1-3H3,(H,38,39)/b16-7+,30-20?,36-21?/t23-,34?/m1/s1. The molecule has 1 aliphatic heterocycles. The maximum Gasteiger partial charge on any atom is 0.328 e. The number of hydrogen-bond donors (Lipinski definition) is 2. The summed E-state index contributed by atoms with van der Waals surface area (Å²) in [6.07, 6.45) is 9.80. The van der Waals surface area contributed by atoms with Crippen LogP contribution in [0.4, 0.5) is 5.69 Å². The van der Waals surface area contributed by atoms with E-state index in [1.165, 1.54) is 52.4 Å². The van der Waals surface area contributed by atoms with Crippen molar-refractivity contribution in [2.75, 3.05) is 11.4 Å². The quantitative estimate of drug-likeness (QED) is 0.251. The highest BCUT2D eigenvalue weighted by Gasteiger charge is 2.35. The van der Waals surface area contributed by atoms with E-state index in [9.17, 15) is 4.79 Å². The molecule has 0 spiro atoms. The van der Waals surface area contributed by atoms with Crippen LogP contribution in [0, 0.1) is 6.92 Å². The number of carboxylic acid groups (broad SMARTS) is 1. The van der Waals surface area contributed by atoms with Crippen LogP contribution in [0.1, 0.15) is 77.6 Å². The molecule has 1 saturated carbocycles. The summed E-state index contributed by atoms with van der Waals surface area (Å²) in [5.41, 5.74) is 16.6. The van der Waals surface area contributed by atoms with Crippen LogP contribution in [0.25, 0.3) is 11.6 Å². The Morgan fingerprint density at radius 2 is 1.82 bits per heavy atom. The first kappa shape index (κ1) is 26.5. The second-order valence-corrected chi connectivity index (χ2v) is 10.7. The average Bonchev–Trinajstić information content (AvgIpc) is 3.78. The Hall–Kier alpha value is -4.12. The molecule has 5 heteroatoms. The third-order valence-electron chi connectivity index (χ3n) is 7.85. The van der Waals surface area contributed by atoms with Gasteiger partial charge in [0.05, 0.1) is 6.04 Å². The maximum atomic E-state index is 11.0. The van der Waals surface area contributed by atoms with Crippen molar-refractivity contribution in [3.8, 4) is 0 Å². The van der Waals surface area contributed by atoms with E-state index in [4.69, 9.17) is 10.8 Å². The van der Waals surface area contributed by atoms with Crippen LogP contribution in [0.15, 0.2) is 77.9 Å². The molecule has 2 aliphatic rings. The Balaban J connectivity index is 1.60. The number of allylic oxidation sites excluding steroid dienone is 1. The van der Waals surface area contributed by atoms with Gasteiger partial charge in [-0.25, -0.2) is 4.79 Å². The van der Waals surface area contributed by atoms with Gasteiger partial charge in [-0.3, -0.25) is 4.99 Å². The van der Waals surface area contributed by atoms with Crippen molar-refractivity contribution < 1.29 is 9.90 Å². The third kappa shape index (κ3) is 5.68. The molecule has 1 heterocycles. The number of anilines is 1. The minimum absolute atomic E-state index is 0.0235. The average molecular weight is 520 g/mol. The van der Waals surface area contributed by atoms with Crippen LogP contribution in [0.5, 0.6) is 0 Å². The van der Waals surface area contributed by atoms with Gasteiger partial charge < -0.3 is 15.7 Å². The first-order valence-corrected chi connectivity index (χ1v) is 13.8. The van der Waals surface area contributed by atoms with E-state index in [1.54, 1.807) is 12.3 Å². The zero-order chi connectivity index (χ0) is 27.5. The van der Waals surface area contributed by atoms with E-state index in [2.05, 4.69) is 72.3 Å². The lowest BCUT2D eigenvalue weighted by molar-refractivity contribution is -0.131. The number of rotatable bonds is 8. The summed E-state index contributed by atoms with van der Waals surface area (Å²) < 4.78 is 0. The van der Waals surface area contributed by atoms with Gasteiger partial charge in [-0.1, -0.05) is 54.6 Å². The zero-order valence-electron chi connectivity index (χ0n) is 23.0. The van der Waals surface area contributed by atoms with Crippen molar-refractivity contribution in [3.63, 3.8) is 0 Å². The Morgan fingerprint density at radius 1 is 1.08 bits per heavy atom. The Morgan fingerprint density at radius 3 is 2.46 bits per heavy atom. The summed E-state index contributed by atoms with van der Waals surface area (Å²) in [6, 6.07) is 22.2. The Bertz CT molecular complexity index is 1450. The van der Waals surface area contributed by atoms with E-state index in [1.807, 2.05) is 25.3 Å². The molecule has 1 fully saturated rings. The lowest BCUT2D eigenvalue weighted by Crippen LogP contribution is -2.43. The van der Waals surface area contributed by atoms with E-state index in [0.717, 1.165) is 29.0 Å². The second-order valence-electron chi connectivity index (χ2n) is 10.7. The molecule has 0 radical (unpaired) electrons. The first-order valence-electron chi connectivity index (χ1n) is 13.8. The molecule has 1 aliphatic carbocycles. The Kier molecular flexibility index (Phi) is 7.69. The molecule has 39 heavy (non-hydrogen) atoms. The number of nitrogens with two attached hydrogens (primary N) is 1. The third-order valence-corrected chi connectivity index (χ3v) is 7.85. The number of hydrogen-bond acceptors (Lipinski definition) is 4. The van der Waals surface area contributed by atoms with Gasteiger partial charge in [0.25, 0.3) is 0 Å². The SMILES string of the molecule is CCN=CC(=CN)c1ccc2c(c1)C[C@@H](C)N(c1ccc(C3CC3)cc1C)C2c1ccc(/C=C/C(=O)O)cc1. The predicted molar refractivity (Wildman–Crippen MR) is 161 cm³/mol. The lowest BCUT2D eigenvalue weighted by atomic mass is 9.82. The number of nitrogens with zero attached hydrogens (tertiary/aromatic N) is 2. The first-order chi connectivity index (χ1) is 18.9. The topological polar surface area (TPSA) is 78.9 Å². The number of aryl methyl sites for hydroxylation is 1. The van der Waals surface area contributed by atoms with Gasteiger partial charge >= 0.3 is 5.97 Å². The number of fused-ring (bicyclic) bond motifs is 1. The summed E-state index contributed by atoms with van der Waals surface area (Å²) in [5, 5.41) is 9.03. The number of aliphatic imine (C=N–C) groups is 1. The zero-order valence-corrected chi connectivity index (χ0v) is 23.0. The van der Waals surface area contributed by atoms with Crippen molar-refractivity contribution in [2.24, 2.45) is 10.7 Å². The van der Waals surface area contributed by atoms with Crippen LogP contribution in [-0.2, 0) is 11.2 Å². The van der Waals surface area contributed by atoms with Crippen molar-refractivity contribution in [1.82, 2.24) is 0 Å². The maximum absolute atomic E-state index is 11.0. The fraction of sp³-hybridized carbons (Fsp3) is 0.294. The van der Waals surface area contributed by atoms with Gasteiger partial charge in [-0.15, -0.1) is 0 Å². The smallest absolute Gasteiger partial charge is 0.328 e. The van der Waals surface area contributed by atoms with Gasteiger partial charge in [-0.2, -0.15) is 0 Å². The molecule has 0 bridgehead atoms. The molecule has 3 N–H and O–H groups in total. The monoisotopic (exact) mass is 519 g/mol. The second kappa shape index (κ2) is 11.3. The summed E-state index contributed by atoms with van der Waals surface area (Å²) >= 11 is 0. The van der Waals surface area contributed by atoms with Crippen molar-refractivity contribution >= 4 is 29.5 Å². The summed E-state index contributed by atoms with van der Waals surface area (Å²) in [7, 11) is 0. The largest absolute Gasteiger partial charge is 0.478 e. The number of benzene rings is 3. The molecule has 1 unspecified atom stereocenters. The van der Waals surface area contributed by atoms with Gasteiger partial charge in [0.2, 0.25) is 0 Å². The normalized spacial score (nSPS) is 19.6. The molecule has 2 atom stereocenters. The summed E-state index contributed by atoms with van der Waals surface area (Å²) in [6.45, 7) is 7.26. The number of carbonyl (C=O) groups is 1. The fourth-order valence-corrected chi connectivity index (χ4v) is 5.77. The van der Waals surface area contributed by atoms with E-state index in [-0.39, 0.29) is 12.1 Å². The van der Waals surface area contributed by atoms with Gasteiger partial charge in [-0.05, 0) is 97.0 Å². The summed E-state index contributed by atoms with van der Waals surface area (Å²) in [4.78, 5) is 18.0. The molecular formula is C34H37N3O2. The number of aliphatic carboxylic acids is 1. The van der Waals surface area contributed by atoms with Gasteiger partial charge in [0.15, 0.2) is 0 Å². The number of carboxylic acids is 1. The fourth-order valence-electron chi connectivity index (χ4n) is 5.77. The molecule has 0 amide bonds. The molecule has 5 nitrogen and oxygen atoms in total. The molecule has 3 aromatic carbocycles. The molecule has 0 saturated heterocycles. The summed E-state index contributed by atoms with van der Waals surface area (Å²) in [5.74, 6) is -0.227. The highest BCUT2D eigenvalue weighted by Crippen LogP contribution is 2.45. The highest BCUT2D eigenvalue weighted by molar-refractivity contribution is 6.09. The van der Waals surface area contributed by atoms with Crippen molar-refractivity contribution in [3.05, 3.63) is 112 Å². The lowest BCUT2D eigenvalue weighted by Gasteiger charge is -2.45. The van der Waals surface area contributed by atoms with E-state index >= 15 is 0 Å².